The smallest absolute Gasteiger partial charge is 0.545 e. The van der Waals surface area contributed by atoms with Crippen LogP contribution in [-0.2, 0) is 4.79 Å². The Hall–Kier alpha value is -0.570. The van der Waals surface area contributed by atoms with Gasteiger partial charge in [0.05, 0.1) is 5.97 Å². The number of hydrogen-bond donors (Lipinski definition) is 0. The normalized spacial score (nSPS) is 9.33. The molecule has 0 aromatic heterocycles. The number of rotatable bonds is 2. The third-order valence-corrected chi connectivity index (χ3v) is 1.21. The van der Waals surface area contributed by atoms with Gasteiger partial charge in [-0.3, -0.25) is 0 Å². The van der Waals surface area contributed by atoms with Crippen LogP contribution in [-0.4, -0.2) is 5.97 Å². The van der Waals surface area contributed by atoms with Gasteiger partial charge in [0.25, 0.3) is 0 Å². The maximum Gasteiger partial charge on any atom is 1.00 e. The summed E-state index contributed by atoms with van der Waals surface area (Å²) in [5, 5.41) is 9.97. The van der Waals surface area contributed by atoms with Crippen LogP contribution in [0.25, 0.3) is 6.08 Å². The minimum Gasteiger partial charge on any atom is -0.545 e. The number of carbonyl (C=O) groups excluding carboxylic acids is 1. The summed E-state index contributed by atoms with van der Waals surface area (Å²) in [6, 6.07) is 9.19. The van der Waals surface area contributed by atoms with Crippen LogP contribution in [0.2, 0.25) is 0 Å². The molecule has 0 amide bonds. The molecule has 0 saturated carbocycles. The van der Waals surface area contributed by atoms with E-state index >= 15 is 0 Å². The first-order chi connectivity index (χ1) is 5.29. The minimum atomic E-state index is -1.17. The molecule has 1 rings (SSSR count). The summed E-state index contributed by atoms with van der Waals surface area (Å²) in [5.41, 5.74) is 0.858. The average Bonchev–Trinajstić information content (AvgIpc) is 2.03. The van der Waals surface area contributed by atoms with E-state index in [9.17, 15) is 9.90 Å². The van der Waals surface area contributed by atoms with Crippen molar-refractivity contribution in [2.24, 2.45) is 0 Å². The van der Waals surface area contributed by atoms with Gasteiger partial charge >= 0.3 is 29.6 Å². The molecule has 0 unspecified atom stereocenters. The van der Waals surface area contributed by atoms with Crippen LogP contribution in [0.15, 0.2) is 36.4 Å². The van der Waals surface area contributed by atoms with Gasteiger partial charge in [-0.1, -0.05) is 36.4 Å². The first kappa shape index (κ1) is 11.4. The third kappa shape index (κ3) is 4.34. The molecule has 12 heavy (non-hydrogen) atoms. The molecule has 0 heterocycles. The molecule has 0 spiro atoms. The number of carbonyl (C=O) groups is 1. The first-order valence-corrected chi connectivity index (χ1v) is 3.23. The molecular formula is C9H7NaO2. The molecule has 0 aliphatic carbocycles. The van der Waals surface area contributed by atoms with Gasteiger partial charge in [0.15, 0.2) is 0 Å². The second-order valence-corrected chi connectivity index (χ2v) is 2.06. The van der Waals surface area contributed by atoms with E-state index in [1.165, 1.54) is 6.08 Å². The number of benzene rings is 1. The topological polar surface area (TPSA) is 40.1 Å². The second kappa shape index (κ2) is 6.00. The Morgan fingerprint density at radius 2 is 1.83 bits per heavy atom. The fourth-order valence-corrected chi connectivity index (χ4v) is 0.728. The van der Waals surface area contributed by atoms with E-state index in [1.54, 1.807) is 0 Å². The van der Waals surface area contributed by atoms with Crippen molar-refractivity contribution in [2.45, 2.75) is 0 Å². The van der Waals surface area contributed by atoms with Crippen LogP contribution in [0.3, 0.4) is 0 Å². The van der Waals surface area contributed by atoms with Gasteiger partial charge in [0, 0.05) is 0 Å². The SMILES string of the molecule is O=C([O-])C=Cc1ccccc1.[Na+]. The molecule has 0 fully saturated rings. The van der Waals surface area contributed by atoms with E-state index in [4.69, 9.17) is 0 Å². The zero-order valence-corrected chi connectivity index (χ0v) is 8.86. The zero-order valence-electron chi connectivity index (χ0n) is 6.86. The number of carboxylic acid groups (broad SMARTS) is 1. The van der Waals surface area contributed by atoms with Crippen LogP contribution in [0, 0.1) is 0 Å². The van der Waals surface area contributed by atoms with Crippen molar-refractivity contribution < 1.29 is 39.5 Å². The second-order valence-electron chi connectivity index (χ2n) is 2.06. The van der Waals surface area contributed by atoms with E-state index < -0.39 is 5.97 Å². The maximum atomic E-state index is 9.97. The van der Waals surface area contributed by atoms with E-state index in [1.807, 2.05) is 30.3 Å². The van der Waals surface area contributed by atoms with Crippen molar-refractivity contribution in [1.29, 1.82) is 0 Å². The van der Waals surface area contributed by atoms with Crippen molar-refractivity contribution in [2.75, 3.05) is 0 Å². The summed E-state index contributed by atoms with van der Waals surface area (Å²) in [6.45, 7) is 0. The number of aliphatic carboxylic acids is 1. The van der Waals surface area contributed by atoms with Crippen LogP contribution >= 0.6 is 0 Å². The van der Waals surface area contributed by atoms with E-state index in [0.29, 0.717) is 0 Å². The minimum absolute atomic E-state index is 0. The fourth-order valence-electron chi connectivity index (χ4n) is 0.728. The summed E-state index contributed by atoms with van der Waals surface area (Å²) in [7, 11) is 0. The molecule has 1 aromatic rings. The summed E-state index contributed by atoms with van der Waals surface area (Å²) in [5.74, 6) is -1.17. The largest absolute Gasteiger partial charge is 1.00 e. The Balaban J connectivity index is 0.00000121. The molecule has 0 atom stereocenters. The molecule has 0 radical (unpaired) electrons. The van der Waals surface area contributed by atoms with E-state index in [0.717, 1.165) is 11.6 Å². The van der Waals surface area contributed by atoms with Gasteiger partial charge in [0.1, 0.15) is 0 Å². The monoisotopic (exact) mass is 170 g/mol. The van der Waals surface area contributed by atoms with Gasteiger partial charge in [-0.15, -0.1) is 0 Å². The molecule has 0 aliphatic heterocycles. The maximum absolute atomic E-state index is 9.97. The Morgan fingerprint density at radius 1 is 1.25 bits per heavy atom. The predicted molar refractivity (Wildman–Crippen MR) is 40.5 cm³/mol. The van der Waals surface area contributed by atoms with Crippen LogP contribution in [0.4, 0.5) is 0 Å². The van der Waals surface area contributed by atoms with Gasteiger partial charge in [-0.25, -0.2) is 0 Å². The van der Waals surface area contributed by atoms with Gasteiger partial charge < -0.3 is 9.90 Å². The van der Waals surface area contributed by atoms with E-state index in [2.05, 4.69) is 0 Å². The molecule has 1 aromatic carbocycles. The van der Waals surface area contributed by atoms with Crippen molar-refractivity contribution in [1.82, 2.24) is 0 Å². The van der Waals surface area contributed by atoms with E-state index in [-0.39, 0.29) is 29.6 Å². The average molecular weight is 170 g/mol. The van der Waals surface area contributed by atoms with Gasteiger partial charge in [-0.2, -0.15) is 0 Å². The summed E-state index contributed by atoms with van der Waals surface area (Å²) in [4.78, 5) is 9.97. The predicted octanol–water partition coefficient (Wildman–Crippen LogP) is -2.55. The van der Waals surface area contributed by atoms with Crippen molar-refractivity contribution in [3.05, 3.63) is 42.0 Å². The quantitative estimate of drug-likeness (QED) is 0.362. The Bertz CT molecular complexity index is 267. The van der Waals surface area contributed by atoms with Gasteiger partial charge in [0.2, 0.25) is 0 Å². The molecule has 2 nitrogen and oxygen atoms in total. The third-order valence-electron chi connectivity index (χ3n) is 1.21. The Kier molecular flexibility index (Phi) is 5.72. The number of hydrogen-bond acceptors (Lipinski definition) is 2. The molecule has 0 bridgehead atoms. The Morgan fingerprint density at radius 3 is 2.33 bits per heavy atom. The first-order valence-electron chi connectivity index (χ1n) is 3.23. The van der Waals surface area contributed by atoms with Crippen LogP contribution in [0.1, 0.15) is 5.56 Å². The van der Waals surface area contributed by atoms with Crippen LogP contribution in [0.5, 0.6) is 0 Å². The zero-order chi connectivity index (χ0) is 8.10. The van der Waals surface area contributed by atoms with Gasteiger partial charge in [-0.05, 0) is 11.6 Å². The molecule has 56 valence electrons. The molecule has 0 N–H and O–H groups in total. The standard InChI is InChI=1S/C9H8O2.Na/c10-9(11)7-6-8-4-2-1-3-5-8;/h1-7H,(H,10,11);/q;+1/p-1. The summed E-state index contributed by atoms with van der Waals surface area (Å²) < 4.78 is 0. The van der Waals surface area contributed by atoms with Crippen molar-refractivity contribution in [3.63, 3.8) is 0 Å². The summed E-state index contributed by atoms with van der Waals surface area (Å²) in [6.07, 6.45) is 2.50. The van der Waals surface area contributed by atoms with Crippen molar-refractivity contribution >= 4 is 12.0 Å². The molecule has 3 heteroatoms. The molecule has 0 saturated heterocycles. The Labute approximate surface area is 93.2 Å². The molecular weight excluding hydrogens is 163 g/mol. The van der Waals surface area contributed by atoms with Crippen molar-refractivity contribution in [3.8, 4) is 0 Å². The fraction of sp³-hybridized carbons (Fsp3) is 0. The number of carboxylic acids is 1. The molecule has 0 aliphatic rings. The summed E-state index contributed by atoms with van der Waals surface area (Å²) >= 11 is 0. The van der Waals surface area contributed by atoms with Crippen LogP contribution < -0.4 is 34.7 Å².